The van der Waals surface area contributed by atoms with E-state index >= 15 is 0 Å². The zero-order chi connectivity index (χ0) is 14.5. The summed E-state index contributed by atoms with van der Waals surface area (Å²) in [7, 11) is 0. The first-order valence-electron chi connectivity index (χ1n) is 6.48. The Bertz CT molecular complexity index is 442. The SMILES string of the molecule is CCCNc1cc(CSC(C)(C)C)ccc1[N+](=O)[O-]. The molecule has 0 aliphatic heterocycles. The summed E-state index contributed by atoms with van der Waals surface area (Å²) in [4.78, 5) is 10.6. The summed E-state index contributed by atoms with van der Waals surface area (Å²) < 4.78 is 0.193. The highest BCUT2D eigenvalue weighted by atomic mass is 32.2. The molecule has 0 amide bonds. The monoisotopic (exact) mass is 282 g/mol. The summed E-state index contributed by atoms with van der Waals surface area (Å²) in [5.74, 6) is 0.863. The molecule has 1 aromatic carbocycles. The first-order chi connectivity index (χ1) is 8.83. The lowest BCUT2D eigenvalue weighted by molar-refractivity contribution is -0.384. The van der Waals surface area contributed by atoms with Crippen LogP contribution < -0.4 is 5.32 Å². The lowest BCUT2D eigenvalue weighted by atomic mass is 10.2. The van der Waals surface area contributed by atoms with Crippen molar-refractivity contribution in [1.82, 2.24) is 0 Å². The van der Waals surface area contributed by atoms with Crippen molar-refractivity contribution in [2.24, 2.45) is 0 Å². The number of nitro benzene ring substituents is 1. The van der Waals surface area contributed by atoms with E-state index in [1.165, 1.54) is 0 Å². The molecule has 0 aromatic heterocycles. The van der Waals surface area contributed by atoms with Gasteiger partial charge in [-0.1, -0.05) is 33.8 Å². The summed E-state index contributed by atoms with van der Waals surface area (Å²) in [6.45, 7) is 9.28. The molecule has 4 nitrogen and oxygen atoms in total. The first-order valence-corrected chi connectivity index (χ1v) is 7.47. The van der Waals surface area contributed by atoms with E-state index < -0.39 is 0 Å². The van der Waals surface area contributed by atoms with Crippen LogP contribution in [0.25, 0.3) is 0 Å². The molecule has 0 radical (unpaired) electrons. The molecular weight excluding hydrogens is 260 g/mol. The average molecular weight is 282 g/mol. The number of nitrogens with one attached hydrogen (secondary N) is 1. The zero-order valence-corrected chi connectivity index (χ0v) is 12.8. The Balaban J connectivity index is 2.88. The van der Waals surface area contributed by atoms with Crippen LogP contribution in [0.3, 0.4) is 0 Å². The van der Waals surface area contributed by atoms with E-state index in [0.717, 1.165) is 24.3 Å². The number of rotatable bonds is 6. The van der Waals surface area contributed by atoms with Crippen molar-refractivity contribution in [3.05, 3.63) is 33.9 Å². The van der Waals surface area contributed by atoms with Crippen molar-refractivity contribution in [3.63, 3.8) is 0 Å². The Hall–Kier alpha value is -1.23. The molecule has 0 atom stereocenters. The largest absolute Gasteiger partial charge is 0.379 e. The number of hydrogen-bond donors (Lipinski definition) is 1. The molecule has 0 heterocycles. The van der Waals surface area contributed by atoms with Gasteiger partial charge in [-0.05, 0) is 18.1 Å². The summed E-state index contributed by atoms with van der Waals surface area (Å²) in [6, 6.07) is 5.33. The van der Waals surface area contributed by atoms with Crippen molar-refractivity contribution in [3.8, 4) is 0 Å². The van der Waals surface area contributed by atoms with Gasteiger partial charge in [0.05, 0.1) is 4.92 Å². The number of nitrogens with zero attached hydrogens (tertiary/aromatic N) is 1. The van der Waals surface area contributed by atoms with Crippen LogP contribution in [0.1, 0.15) is 39.7 Å². The summed E-state index contributed by atoms with van der Waals surface area (Å²) in [5.41, 5.74) is 1.89. The van der Waals surface area contributed by atoms with E-state index in [1.807, 2.05) is 30.8 Å². The Labute approximate surface area is 119 Å². The van der Waals surface area contributed by atoms with Gasteiger partial charge in [-0.2, -0.15) is 11.8 Å². The van der Waals surface area contributed by atoms with Gasteiger partial charge in [-0.15, -0.1) is 0 Å². The third-order valence-corrected chi connectivity index (χ3v) is 3.84. The van der Waals surface area contributed by atoms with E-state index in [-0.39, 0.29) is 15.4 Å². The second-order valence-corrected chi connectivity index (χ2v) is 7.24. The number of nitro groups is 1. The van der Waals surface area contributed by atoms with Gasteiger partial charge in [0.2, 0.25) is 0 Å². The Kier molecular flexibility index (Phi) is 5.66. The fraction of sp³-hybridized carbons (Fsp3) is 0.571. The molecule has 0 bridgehead atoms. The van der Waals surface area contributed by atoms with Gasteiger partial charge in [0.15, 0.2) is 0 Å². The standard InChI is InChI=1S/C14H22N2O2S/c1-5-8-15-12-9-11(10-19-14(2,3)4)6-7-13(12)16(17)18/h6-7,9,15H,5,8,10H2,1-4H3. The Morgan fingerprint density at radius 1 is 1.37 bits per heavy atom. The molecule has 0 aliphatic carbocycles. The quantitative estimate of drug-likeness (QED) is 0.618. The highest BCUT2D eigenvalue weighted by Crippen LogP contribution is 2.31. The average Bonchev–Trinajstić information content (AvgIpc) is 2.32. The van der Waals surface area contributed by atoms with Crippen molar-refractivity contribution < 1.29 is 4.92 Å². The predicted octanol–water partition coefficient (Wildman–Crippen LogP) is 4.45. The third kappa shape index (κ3) is 5.51. The van der Waals surface area contributed by atoms with E-state index in [1.54, 1.807) is 6.07 Å². The molecule has 0 saturated heterocycles. The molecule has 0 fully saturated rings. The Morgan fingerprint density at radius 3 is 2.58 bits per heavy atom. The molecule has 106 valence electrons. The molecular formula is C14H22N2O2S. The molecule has 0 spiro atoms. The van der Waals surface area contributed by atoms with Crippen molar-refractivity contribution in [2.45, 2.75) is 44.6 Å². The van der Waals surface area contributed by atoms with Crippen LogP contribution in [-0.2, 0) is 5.75 Å². The molecule has 1 aromatic rings. The van der Waals surface area contributed by atoms with E-state index in [9.17, 15) is 10.1 Å². The second-order valence-electron chi connectivity index (χ2n) is 5.44. The molecule has 5 heteroatoms. The number of benzene rings is 1. The molecule has 1 rings (SSSR count). The maximum absolute atomic E-state index is 11.0. The number of thioether (sulfide) groups is 1. The van der Waals surface area contributed by atoms with Crippen LogP contribution in [0, 0.1) is 10.1 Å². The van der Waals surface area contributed by atoms with Crippen LogP contribution in [0.15, 0.2) is 18.2 Å². The van der Waals surface area contributed by atoms with Crippen LogP contribution in [0.4, 0.5) is 11.4 Å². The second kappa shape index (κ2) is 6.80. The van der Waals surface area contributed by atoms with Gasteiger partial charge in [-0.25, -0.2) is 0 Å². The Morgan fingerprint density at radius 2 is 2.05 bits per heavy atom. The molecule has 19 heavy (non-hydrogen) atoms. The van der Waals surface area contributed by atoms with Gasteiger partial charge in [0.1, 0.15) is 5.69 Å². The summed E-state index contributed by atoms with van der Waals surface area (Å²) in [5, 5.41) is 14.1. The van der Waals surface area contributed by atoms with E-state index in [4.69, 9.17) is 0 Å². The van der Waals surface area contributed by atoms with Crippen LogP contribution in [-0.4, -0.2) is 16.2 Å². The van der Waals surface area contributed by atoms with Crippen LogP contribution in [0.2, 0.25) is 0 Å². The van der Waals surface area contributed by atoms with Gasteiger partial charge in [0, 0.05) is 23.1 Å². The minimum Gasteiger partial charge on any atom is -0.379 e. The van der Waals surface area contributed by atoms with E-state index in [2.05, 4.69) is 26.1 Å². The maximum Gasteiger partial charge on any atom is 0.292 e. The highest BCUT2D eigenvalue weighted by Gasteiger charge is 2.15. The first kappa shape index (κ1) is 15.8. The lowest BCUT2D eigenvalue weighted by Crippen LogP contribution is -2.08. The number of hydrogen-bond acceptors (Lipinski definition) is 4. The normalized spacial score (nSPS) is 11.4. The summed E-state index contributed by atoms with van der Waals surface area (Å²) in [6.07, 6.45) is 0.943. The van der Waals surface area contributed by atoms with Crippen LogP contribution in [0.5, 0.6) is 0 Å². The van der Waals surface area contributed by atoms with Gasteiger partial charge >= 0.3 is 0 Å². The molecule has 0 aliphatic rings. The lowest BCUT2D eigenvalue weighted by Gasteiger charge is -2.17. The minimum atomic E-state index is -0.335. The van der Waals surface area contributed by atoms with Crippen molar-refractivity contribution in [2.75, 3.05) is 11.9 Å². The number of anilines is 1. The third-order valence-electron chi connectivity index (χ3n) is 2.49. The maximum atomic E-state index is 11.0. The summed E-state index contributed by atoms with van der Waals surface area (Å²) >= 11 is 1.84. The fourth-order valence-electron chi connectivity index (χ4n) is 1.53. The van der Waals surface area contributed by atoms with Gasteiger partial charge in [-0.3, -0.25) is 10.1 Å². The minimum absolute atomic E-state index is 0.151. The van der Waals surface area contributed by atoms with Crippen molar-refractivity contribution >= 4 is 23.1 Å². The molecule has 0 saturated carbocycles. The van der Waals surface area contributed by atoms with Gasteiger partial charge < -0.3 is 5.32 Å². The van der Waals surface area contributed by atoms with Crippen molar-refractivity contribution in [1.29, 1.82) is 0 Å². The smallest absolute Gasteiger partial charge is 0.292 e. The van der Waals surface area contributed by atoms with E-state index in [0.29, 0.717) is 5.69 Å². The molecule has 1 N–H and O–H groups in total. The predicted molar refractivity (Wildman–Crippen MR) is 82.9 cm³/mol. The fourth-order valence-corrected chi connectivity index (χ4v) is 2.31. The van der Waals surface area contributed by atoms with Crippen LogP contribution >= 0.6 is 11.8 Å². The molecule has 0 unspecified atom stereocenters. The highest BCUT2D eigenvalue weighted by molar-refractivity contribution is 7.99. The van der Waals surface area contributed by atoms with Gasteiger partial charge in [0.25, 0.3) is 5.69 Å². The topological polar surface area (TPSA) is 55.2 Å². The zero-order valence-electron chi connectivity index (χ0n) is 12.0.